The minimum atomic E-state index is -4.34. The van der Waals surface area contributed by atoms with E-state index in [0.29, 0.717) is 41.4 Å². The van der Waals surface area contributed by atoms with E-state index >= 15 is 0 Å². The molecular formula is C23H20N2O5S. The van der Waals surface area contributed by atoms with Crippen LogP contribution in [0, 0.1) is 0 Å². The van der Waals surface area contributed by atoms with Gasteiger partial charge in [0.2, 0.25) is 5.91 Å². The first-order valence-electron chi connectivity index (χ1n) is 9.91. The van der Waals surface area contributed by atoms with E-state index in [9.17, 15) is 17.8 Å². The first kappa shape index (κ1) is 19.7. The zero-order valence-corrected chi connectivity index (χ0v) is 17.4. The summed E-state index contributed by atoms with van der Waals surface area (Å²) in [6, 6.07) is 19.6. The Morgan fingerprint density at radius 1 is 0.935 bits per heavy atom. The summed E-state index contributed by atoms with van der Waals surface area (Å²) in [5.74, 6) is 1.07. The van der Waals surface area contributed by atoms with Crippen molar-refractivity contribution >= 4 is 27.4 Å². The van der Waals surface area contributed by atoms with Gasteiger partial charge in [-0.25, -0.2) is 0 Å². The van der Waals surface area contributed by atoms with Crippen LogP contribution in [0.1, 0.15) is 11.1 Å². The average molecular weight is 436 g/mol. The van der Waals surface area contributed by atoms with Crippen LogP contribution < -0.4 is 9.64 Å². The second kappa shape index (κ2) is 7.49. The van der Waals surface area contributed by atoms with Crippen LogP contribution in [0.4, 0.5) is 11.4 Å². The van der Waals surface area contributed by atoms with E-state index in [0.717, 1.165) is 5.56 Å². The minimum Gasteiger partial charge on any atom is -0.453 e. The summed E-state index contributed by atoms with van der Waals surface area (Å²) in [4.78, 5) is 16.9. The second-order valence-corrected chi connectivity index (χ2v) is 8.99. The maximum absolute atomic E-state index is 13.4. The van der Waals surface area contributed by atoms with Crippen molar-refractivity contribution in [2.24, 2.45) is 0 Å². The summed E-state index contributed by atoms with van der Waals surface area (Å²) >= 11 is 0. The number of ether oxygens (including phenoxy) is 1. The molecule has 0 saturated heterocycles. The number of benzene rings is 3. The zero-order chi connectivity index (χ0) is 21.6. The SMILES string of the molecule is O=C(CN1CCc2cccc(S(=O)(=O)O)c2C1)N1c2ccccc2Oc2ccccc21. The van der Waals surface area contributed by atoms with Gasteiger partial charge >= 0.3 is 0 Å². The Morgan fingerprint density at radius 3 is 2.23 bits per heavy atom. The lowest BCUT2D eigenvalue weighted by Gasteiger charge is -2.34. The fourth-order valence-corrected chi connectivity index (χ4v) is 4.98. The van der Waals surface area contributed by atoms with Gasteiger partial charge in [-0.3, -0.25) is 19.1 Å². The predicted molar refractivity (Wildman–Crippen MR) is 115 cm³/mol. The van der Waals surface area contributed by atoms with Crippen LogP contribution in [0.2, 0.25) is 0 Å². The number of carbonyl (C=O) groups excluding carboxylic acids is 1. The molecule has 3 aromatic carbocycles. The van der Waals surface area contributed by atoms with E-state index in [1.807, 2.05) is 59.5 Å². The monoisotopic (exact) mass is 436 g/mol. The third kappa shape index (κ3) is 3.59. The van der Waals surface area contributed by atoms with Gasteiger partial charge in [-0.05, 0) is 47.9 Å². The lowest BCUT2D eigenvalue weighted by atomic mass is 9.99. The highest BCUT2D eigenvalue weighted by Gasteiger charge is 2.31. The molecule has 0 fully saturated rings. The van der Waals surface area contributed by atoms with E-state index in [1.54, 1.807) is 11.0 Å². The number of nitrogens with zero attached hydrogens (tertiary/aromatic N) is 2. The van der Waals surface area contributed by atoms with Crippen molar-refractivity contribution in [3.63, 3.8) is 0 Å². The average Bonchev–Trinajstić information content (AvgIpc) is 2.76. The van der Waals surface area contributed by atoms with Gasteiger partial charge in [0, 0.05) is 13.1 Å². The van der Waals surface area contributed by atoms with Gasteiger partial charge in [0.1, 0.15) is 0 Å². The zero-order valence-electron chi connectivity index (χ0n) is 16.6. The molecule has 3 aromatic rings. The molecule has 0 spiro atoms. The van der Waals surface area contributed by atoms with E-state index in [2.05, 4.69) is 0 Å². The molecule has 0 radical (unpaired) electrons. The number of hydrogen-bond donors (Lipinski definition) is 1. The summed E-state index contributed by atoms with van der Waals surface area (Å²) < 4.78 is 39.2. The molecule has 2 aliphatic heterocycles. The Kier molecular flexibility index (Phi) is 4.77. The minimum absolute atomic E-state index is 0.0933. The maximum atomic E-state index is 13.4. The molecule has 0 atom stereocenters. The predicted octanol–water partition coefficient (Wildman–Crippen LogP) is 3.76. The van der Waals surface area contributed by atoms with Gasteiger partial charge in [0.15, 0.2) is 11.5 Å². The Labute approximate surface area is 180 Å². The van der Waals surface area contributed by atoms with Gasteiger partial charge < -0.3 is 4.74 Å². The highest BCUT2D eigenvalue weighted by molar-refractivity contribution is 7.85. The standard InChI is InChI=1S/C23H20N2O5S/c26-23(15-24-13-12-16-6-5-11-22(17(16)14-24)31(27,28)29)25-18-7-1-3-9-20(18)30-21-10-4-2-8-19(21)25/h1-11H,12-15H2,(H,27,28,29). The molecule has 1 N–H and O–H groups in total. The number of rotatable bonds is 3. The number of fused-ring (bicyclic) bond motifs is 3. The van der Waals surface area contributed by atoms with E-state index in [-0.39, 0.29) is 23.9 Å². The van der Waals surface area contributed by atoms with E-state index in [1.165, 1.54) is 6.07 Å². The van der Waals surface area contributed by atoms with E-state index < -0.39 is 10.1 Å². The number of amides is 1. The van der Waals surface area contributed by atoms with Gasteiger partial charge in [0.25, 0.3) is 10.1 Å². The van der Waals surface area contributed by atoms with Crippen molar-refractivity contribution in [1.82, 2.24) is 4.90 Å². The number of hydrogen-bond acceptors (Lipinski definition) is 5. The molecule has 0 bridgehead atoms. The summed E-state index contributed by atoms with van der Waals surface area (Å²) in [7, 11) is -4.34. The first-order valence-corrected chi connectivity index (χ1v) is 11.4. The topological polar surface area (TPSA) is 87.2 Å². The lowest BCUT2D eigenvalue weighted by molar-refractivity contribution is -0.119. The van der Waals surface area contributed by atoms with Crippen LogP contribution in [0.5, 0.6) is 11.5 Å². The molecule has 0 unspecified atom stereocenters. The quantitative estimate of drug-likeness (QED) is 0.629. The van der Waals surface area contributed by atoms with Crippen LogP contribution >= 0.6 is 0 Å². The smallest absolute Gasteiger partial charge is 0.294 e. The normalized spacial score (nSPS) is 15.5. The Balaban J connectivity index is 1.45. The molecular weight excluding hydrogens is 416 g/mol. The number of anilines is 2. The van der Waals surface area contributed by atoms with Crippen molar-refractivity contribution in [2.75, 3.05) is 18.0 Å². The molecule has 2 heterocycles. The highest BCUT2D eigenvalue weighted by Crippen LogP contribution is 2.46. The summed E-state index contributed by atoms with van der Waals surface area (Å²) in [5.41, 5.74) is 2.76. The Bertz CT molecular complexity index is 1240. The van der Waals surface area contributed by atoms with Crippen LogP contribution in [0.3, 0.4) is 0 Å². The van der Waals surface area contributed by atoms with Gasteiger partial charge in [-0.15, -0.1) is 0 Å². The van der Waals surface area contributed by atoms with Gasteiger partial charge in [-0.1, -0.05) is 36.4 Å². The molecule has 158 valence electrons. The summed E-state index contributed by atoms with van der Waals surface area (Å²) in [6.07, 6.45) is 0.599. The van der Waals surface area contributed by atoms with Crippen LogP contribution in [-0.2, 0) is 27.9 Å². The van der Waals surface area contributed by atoms with Gasteiger partial charge in [0.05, 0.1) is 22.8 Å². The summed E-state index contributed by atoms with van der Waals surface area (Å²) in [5, 5.41) is 0. The van der Waals surface area contributed by atoms with Crippen molar-refractivity contribution in [3.05, 3.63) is 77.9 Å². The third-order valence-corrected chi connectivity index (χ3v) is 6.57. The van der Waals surface area contributed by atoms with Crippen LogP contribution in [-0.4, -0.2) is 36.9 Å². The largest absolute Gasteiger partial charge is 0.453 e. The Hall–Kier alpha value is -3.20. The highest BCUT2D eigenvalue weighted by atomic mass is 32.2. The van der Waals surface area contributed by atoms with E-state index in [4.69, 9.17) is 4.74 Å². The van der Waals surface area contributed by atoms with Crippen LogP contribution in [0.25, 0.3) is 0 Å². The van der Waals surface area contributed by atoms with Crippen molar-refractivity contribution in [1.29, 1.82) is 0 Å². The number of para-hydroxylation sites is 4. The molecule has 31 heavy (non-hydrogen) atoms. The van der Waals surface area contributed by atoms with Gasteiger partial charge in [-0.2, -0.15) is 8.42 Å². The molecule has 8 heteroatoms. The fraction of sp³-hybridized carbons (Fsp3) is 0.174. The fourth-order valence-electron chi connectivity index (χ4n) is 4.22. The molecule has 1 amide bonds. The van der Waals surface area contributed by atoms with Crippen LogP contribution in [0.15, 0.2) is 71.6 Å². The molecule has 7 nitrogen and oxygen atoms in total. The summed E-state index contributed by atoms with van der Waals surface area (Å²) in [6.45, 7) is 0.980. The molecule has 0 aromatic heterocycles. The maximum Gasteiger partial charge on any atom is 0.294 e. The van der Waals surface area contributed by atoms with Crippen molar-refractivity contribution < 1.29 is 22.5 Å². The van der Waals surface area contributed by atoms with Crippen molar-refractivity contribution in [3.8, 4) is 11.5 Å². The molecule has 0 aliphatic carbocycles. The first-order chi connectivity index (χ1) is 14.9. The number of carbonyl (C=O) groups is 1. The molecule has 2 aliphatic rings. The molecule has 0 saturated carbocycles. The second-order valence-electron chi connectivity index (χ2n) is 7.60. The molecule has 5 rings (SSSR count). The van der Waals surface area contributed by atoms with Crippen molar-refractivity contribution in [2.45, 2.75) is 17.9 Å². The third-order valence-electron chi connectivity index (χ3n) is 5.63. The Morgan fingerprint density at radius 2 is 1.58 bits per heavy atom. The lowest BCUT2D eigenvalue weighted by Crippen LogP contribution is -2.41.